The second-order valence-electron chi connectivity index (χ2n) is 9.71. The molecule has 0 saturated carbocycles. The van der Waals surface area contributed by atoms with E-state index in [1.165, 1.54) is 16.5 Å². The molecule has 38 heavy (non-hydrogen) atoms. The first-order valence-electron chi connectivity index (χ1n) is 12.8. The Morgan fingerprint density at radius 3 is 2.21 bits per heavy atom. The molecule has 0 bridgehead atoms. The predicted octanol–water partition coefficient (Wildman–Crippen LogP) is 8.09. The fraction of sp³-hybridized carbons (Fsp3) is 0.0303. The lowest BCUT2D eigenvalue weighted by Gasteiger charge is -2.18. The van der Waals surface area contributed by atoms with Gasteiger partial charge in [-0.1, -0.05) is 42.5 Å². The van der Waals surface area contributed by atoms with Crippen LogP contribution in [0.3, 0.4) is 0 Å². The van der Waals surface area contributed by atoms with Gasteiger partial charge in [0, 0.05) is 46.4 Å². The van der Waals surface area contributed by atoms with Crippen molar-refractivity contribution >= 4 is 44.0 Å². The number of rotatable bonds is 4. The summed E-state index contributed by atoms with van der Waals surface area (Å²) in [6.07, 6.45) is 8.28. The number of aromatic nitrogens is 3. The molecule has 0 spiro atoms. The summed E-state index contributed by atoms with van der Waals surface area (Å²) in [5, 5.41) is 8.17. The number of hydrogen-bond acceptors (Lipinski definition) is 2. The summed E-state index contributed by atoms with van der Waals surface area (Å²) in [4.78, 5) is 10.2. The van der Waals surface area contributed by atoms with Gasteiger partial charge < -0.3 is 24.7 Å². The molecule has 0 radical (unpaired) electrons. The lowest BCUT2D eigenvalue weighted by molar-refractivity contribution is 0.672. The van der Waals surface area contributed by atoms with Crippen molar-refractivity contribution in [3.63, 3.8) is 0 Å². The highest BCUT2D eigenvalue weighted by molar-refractivity contribution is 6.21. The van der Waals surface area contributed by atoms with Crippen LogP contribution in [0.25, 0.3) is 66.6 Å². The second kappa shape index (κ2) is 8.18. The molecule has 5 heterocycles. The Balaban J connectivity index is 1.35. The molecule has 0 unspecified atom stereocenters. The highest BCUT2D eigenvalue weighted by Gasteiger charge is 2.20. The molecular weight excluding hydrogens is 468 g/mol. The van der Waals surface area contributed by atoms with Crippen molar-refractivity contribution in [1.29, 1.82) is 0 Å². The lowest BCUT2D eigenvalue weighted by atomic mass is 9.93. The normalized spacial score (nSPS) is 13.7. The predicted molar refractivity (Wildman–Crippen MR) is 156 cm³/mol. The van der Waals surface area contributed by atoms with Crippen LogP contribution in [0.1, 0.15) is 11.3 Å². The molecule has 3 aromatic carbocycles. The number of aromatic amines is 3. The molecule has 0 amide bonds. The van der Waals surface area contributed by atoms with Gasteiger partial charge >= 0.3 is 0 Å². The maximum absolute atomic E-state index is 6.54. The third-order valence-electron chi connectivity index (χ3n) is 7.52. The van der Waals surface area contributed by atoms with Crippen LogP contribution in [0, 0.1) is 0 Å². The van der Waals surface area contributed by atoms with Crippen molar-refractivity contribution in [3.05, 3.63) is 121 Å². The Morgan fingerprint density at radius 2 is 1.42 bits per heavy atom. The second-order valence-corrected chi connectivity index (χ2v) is 9.71. The zero-order valence-electron chi connectivity index (χ0n) is 20.5. The number of H-pyrrole nitrogens is 3. The average molecular weight is 493 g/mol. The maximum atomic E-state index is 6.54. The minimum Gasteiger partial charge on any atom is -0.455 e. The summed E-state index contributed by atoms with van der Waals surface area (Å²) < 4.78 is 6.54. The van der Waals surface area contributed by atoms with Crippen LogP contribution in [0.2, 0.25) is 0 Å². The van der Waals surface area contributed by atoms with Gasteiger partial charge in [-0.05, 0) is 71.1 Å². The van der Waals surface area contributed by atoms with Crippen LogP contribution in [0.15, 0.2) is 114 Å². The van der Waals surface area contributed by atoms with Gasteiger partial charge in [0.1, 0.15) is 11.2 Å². The van der Waals surface area contributed by atoms with Crippen molar-refractivity contribution in [2.45, 2.75) is 0 Å². The van der Waals surface area contributed by atoms with Crippen LogP contribution in [0.5, 0.6) is 0 Å². The summed E-state index contributed by atoms with van der Waals surface area (Å²) in [6, 6.07) is 29.6. The first-order valence-corrected chi connectivity index (χ1v) is 12.8. The van der Waals surface area contributed by atoms with Crippen LogP contribution >= 0.6 is 0 Å². The standard InChI is InChI=1S/C33H24N4O/c1-2-7-22-21(6-1)24(20-12-13-29(36-19-20)27-9-4-16-34-27)18-25-32-23(8-3-11-31(32)38-33(22)25)26-14-15-30(37-26)28-10-5-17-35-28/h1-18,34-37H,19H2. The van der Waals surface area contributed by atoms with Crippen molar-refractivity contribution in [3.8, 4) is 22.6 Å². The van der Waals surface area contributed by atoms with E-state index in [4.69, 9.17) is 4.42 Å². The Kier molecular flexibility index (Phi) is 4.52. The van der Waals surface area contributed by atoms with Crippen LogP contribution in [-0.4, -0.2) is 21.5 Å². The van der Waals surface area contributed by atoms with Gasteiger partial charge in [0.2, 0.25) is 0 Å². The summed E-state index contributed by atoms with van der Waals surface area (Å²) in [5.74, 6) is 0. The fourth-order valence-electron chi connectivity index (χ4n) is 5.71. The van der Waals surface area contributed by atoms with Gasteiger partial charge in [-0.3, -0.25) is 0 Å². The molecular formula is C33H24N4O. The van der Waals surface area contributed by atoms with Crippen molar-refractivity contribution in [2.24, 2.45) is 0 Å². The Bertz CT molecular complexity index is 2010. The highest BCUT2D eigenvalue weighted by atomic mass is 16.3. The molecule has 182 valence electrons. The molecule has 4 aromatic heterocycles. The molecule has 7 aromatic rings. The Labute approximate surface area is 218 Å². The minimum absolute atomic E-state index is 0.749. The van der Waals surface area contributed by atoms with Gasteiger partial charge in [-0.2, -0.15) is 0 Å². The molecule has 1 aliphatic heterocycles. The van der Waals surface area contributed by atoms with E-state index >= 15 is 0 Å². The summed E-state index contributed by atoms with van der Waals surface area (Å²) in [6.45, 7) is 0.749. The summed E-state index contributed by atoms with van der Waals surface area (Å²) in [5.41, 5.74) is 10.8. The van der Waals surface area contributed by atoms with E-state index in [9.17, 15) is 0 Å². The molecule has 0 saturated heterocycles. The van der Waals surface area contributed by atoms with Gasteiger partial charge in [-0.15, -0.1) is 0 Å². The molecule has 0 aliphatic carbocycles. The van der Waals surface area contributed by atoms with E-state index in [0.717, 1.165) is 67.9 Å². The Hall–Kier alpha value is -5.16. The average Bonchev–Trinajstić information content (AvgIpc) is 3.79. The zero-order valence-corrected chi connectivity index (χ0v) is 20.5. The maximum Gasteiger partial charge on any atom is 0.143 e. The molecule has 5 heteroatoms. The third kappa shape index (κ3) is 3.19. The van der Waals surface area contributed by atoms with E-state index < -0.39 is 0 Å². The van der Waals surface area contributed by atoms with E-state index in [1.807, 2.05) is 24.5 Å². The third-order valence-corrected chi connectivity index (χ3v) is 7.52. The largest absolute Gasteiger partial charge is 0.455 e. The van der Waals surface area contributed by atoms with Crippen LogP contribution in [0.4, 0.5) is 0 Å². The molecule has 5 nitrogen and oxygen atoms in total. The zero-order chi connectivity index (χ0) is 25.1. The number of dihydropyridines is 1. The van der Waals surface area contributed by atoms with E-state index in [0.29, 0.717) is 0 Å². The van der Waals surface area contributed by atoms with E-state index in [-0.39, 0.29) is 0 Å². The monoisotopic (exact) mass is 492 g/mol. The first kappa shape index (κ1) is 21.0. The van der Waals surface area contributed by atoms with Gasteiger partial charge in [-0.25, -0.2) is 0 Å². The molecule has 8 rings (SSSR count). The highest BCUT2D eigenvalue weighted by Crippen LogP contribution is 2.42. The van der Waals surface area contributed by atoms with Gasteiger partial charge in [0.05, 0.1) is 22.8 Å². The SMILES string of the molecule is C1=C(c2ccc[nH]2)NCC(c2cc3c(oc4cccc(-c5ccc(-c6ccc[nH]6)[nH]5)c43)c3ccccc23)=C1. The van der Waals surface area contributed by atoms with Gasteiger partial charge in [0.15, 0.2) is 0 Å². The number of fused-ring (bicyclic) bond motifs is 5. The molecule has 0 fully saturated rings. The molecule has 1 aliphatic rings. The van der Waals surface area contributed by atoms with Crippen molar-refractivity contribution in [1.82, 2.24) is 20.3 Å². The molecule has 4 N–H and O–H groups in total. The van der Waals surface area contributed by atoms with E-state index in [2.05, 4.69) is 105 Å². The summed E-state index contributed by atoms with van der Waals surface area (Å²) >= 11 is 0. The quantitative estimate of drug-likeness (QED) is 0.200. The summed E-state index contributed by atoms with van der Waals surface area (Å²) in [7, 11) is 0. The molecule has 0 atom stereocenters. The van der Waals surface area contributed by atoms with Crippen molar-refractivity contribution in [2.75, 3.05) is 6.54 Å². The smallest absolute Gasteiger partial charge is 0.143 e. The number of allylic oxidation sites excluding steroid dienone is 2. The number of hydrogen-bond donors (Lipinski definition) is 4. The number of nitrogens with one attached hydrogen (secondary N) is 4. The Morgan fingerprint density at radius 1 is 0.605 bits per heavy atom. The van der Waals surface area contributed by atoms with E-state index in [1.54, 1.807) is 0 Å². The minimum atomic E-state index is 0.749. The number of benzene rings is 3. The first-order chi connectivity index (χ1) is 18.8. The number of furan rings is 1. The topological polar surface area (TPSA) is 72.5 Å². The fourth-order valence-corrected chi connectivity index (χ4v) is 5.71. The van der Waals surface area contributed by atoms with Crippen LogP contribution in [-0.2, 0) is 0 Å². The van der Waals surface area contributed by atoms with Crippen molar-refractivity contribution < 1.29 is 4.42 Å². The lowest BCUT2D eigenvalue weighted by Crippen LogP contribution is -2.18. The van der Waals surface area contributed by atoms with Gasteiger partial charge in [0.25, 0.3) is 0 Å². The van der Waals surface area contributed by atoms with Crippen LogP contribution < -0.4 is 5.32 Å².